The van der Waals surface area contributed by atoms with Crippen molar-refractivity contribution in [2.24, 2.45) is 5.92 Å². The Balaban J connectivity index is 1.81. The molecule has 1 aliphatic rings. The smallest absolute Gasteiger partial charge is 0.308 e. The van der Waals surface area contributed by atoms with Crippen molar-refractivity contribution in [1.29, 1.82) is 0 Å². The zero-order valence-electron chi connectivity index (χ0n) is 13.1. The summed E-state index contributed by atoms with van der Waals surface area (Å²) in [4.78, 5) is 25.8. The van der Waals surface area contributed by atoms with E-state index in [4.69, 9.17) is 0 Å². The lowest BCUT2D eigenvalue weighted by atomic mass is 9.80. The van der Waals surface area contributed by atoms with Crippen LogP contribution in [0.25, 0.3) is 0 Å². The summed E-state index contributed by atoms with van der Waals surface area (Å²) in [5.74, 6) is -2.52. The molecule has 0 bridgehead atoms. The fourth-order valence-corrected chi connectivity index (χ4v) is 3.19. The molecule has 1 saturated heterocycles. The Morgan fingerprint density at radius 1 is 1.12 bits per heavy atom. The molecule has 24 heavy (non-hydrogen) atoms. The normalized spacial score (nSPS) is 20.9. The minimum atomic E-state index is -0.935. The van der Waals surface area contributed by atoms with E-state index in [-0.39, 0.29) is 24.7 Å². The molecule has 1 amide bonds. The van der Waals surface area contributed by atoms with E-state index in [0.717, 1.165) is 5.56 Å². The van der Waals surface area contributed by atoms with Gasteiger partial charge in [0.15, 0.2) is 0 Å². The van der Waals surface area contributed by atoms with Gasteiger partial charge in [-0.05, 0) is 23.3 Å². The average Bonchev–Trinajstić information content (AvgIpc) is 2.58. The lowest BCUT2D eigenvalue weighted by Crippen LogP contribution is -2.45. The van der Waals surface area contributed by atoms with Gasteiger partial charge >= 0.3 is 5.97 Å². The number of piperidine rings is 1. The predicted molar refractivity (Wildman–Crippen MR) is 86.7 cm³/mol. The van der Waals surface area contributed by atoms with E-state index in [0.29, 0.717) is 12.1 Å². The molecule has 1 heterocycles. The molecule has 1 N–H and O–H groups in total. The average molecular weight is 327 g/mol. The van der Waals surface area contributed by atoms with Gasteiger partial charge in [0.2, 0.25) is 5.91 Å². The van der Waals surface area contributed by atoms with Crippen molar-refractivity contribution >= 4 is 11.9 Å². The highest BCUT2D eigenvalue weighted by atomic mass is 19.1. The van der Waals surface area contributed by atoms with Crippen molar-refractivity contribution in [3.8, 4) is 0 Å². The molecule has 0 aromatic heterocycles. The van der Waals surface area contributed by atoms with Gasteiger partial charge in [-0.3, -0.25) is 9.59 Å². The third kappa shape index (κ3) is 3.45. The van der Waals surface area contributed by atoms with Crippen LogP contribution in [0.5, 0.6) is 0 Å². The summed E-state index contributed by atoms with van der Waals surface area (Å²) in [7, 11) is 0. The quantitative estimate of drug-likeness (QED) is 0.939. The number of carbonyl (C=O) groups is 2. The van der Waals surface area contributed by atoms with Gasteiger partial charge in [-0.15, -0.1) is 0 Å². The molecule has 2 atom stereocenters. The third-order valence-corrected chi connectivity index (χ3v) is 4.48. The van der Waals surface area contributed by atoms with Gasteiger partial charge in [-0.25, -0.2) is 4.39 Å². The molecule has 3 rings (SSSR count). The number of halogens is 1. The summed E-state index contributed by atoms with van der Waals surface area (Å²) in [5.41, 5.74) is 1.66. The Morgan fingerprint density at radius 3 is 2.42 bits per heavy atom. The largest absolute Gasteiger partial charge is 0.481 e. The van der Waals surface area contributed by atoms with Crippen molar-refractivity contribution in [3.05, 3.63) is 71.5 Å². The minimum absolute atomic E-state index is 0.0781. The minimum Gasteiger partial charge on any atom is -0.481 e. The van der Waals surface area contributed by atoms with Gasteiger partial charge in [0.05, 0.1) is 5.92 Å². The number of hydrogen-bond acceptors (Lipinski definition) is 2. The van der Waals surface area contributed by atoms with E-state index < -0.39 is 17.8 Å². The summed E-state index contributed by atoms with van der Waals surface area (Å²) >= 11 is 0. The van der Waals surface area contributed by atoms with Crippen molar-refractivity contribution in [1.82, 2.24) is 4.90 Å². The first kappa shape index (κ1) is 16.2. The SMILES string of the molecule is O=C(O)[C@@H]1CN(Cc2ccccc2)C(=O)C[C@H]1c1ccc(F)cc1. The van der Waals surface area contributed by atoms with Gasteiger partial charge in [0.25, 0.3) is 0 Å². The number of likely N-dealkylation sites (tertiary alicyclic amines) is 1. The number of benzene rings is 2. The van der Waals surface area contributed by atoms with Crippen LogP contribution in [0.15, 0.2) is 54.6 Å². The van der Waals surface area contributed by atoms with Crippen LogP contribution in [0.3, 0.4) is 0 Å². The number of carboxylic acids is 1. The van der Waals surface area contributed by atoms with Crippen molar-refractivity contribution in [3.63, 3.8) is 0 Å². The molecule has 0 radical (unpaired) electrons. The zero-order valence-corrected chi connectivity index (χ0v) is 13.1. The first-order chi connectivity index (χ1) is 11.5. The molecule has 4 nitrogen and oxygen atoms in total. The molecule has 0 saturated carbocycles. The lowest BCUT2D eigenvalue weighted by Gasteiger charge is -2.36. The van der Waals surface area contributed by atoms with E-state index >= 15 is 0 Å². The molecule has 124 valence electrons. The molecule has 2 aromatic carbocycles. The molecule has 0 spiro atoms. The van der Waals surface area contributed by atoms with E-state index in [9.17, 15) is 19.1 Å². The summed E-state index contributed by atoms with van der Waals surface area (Å²) in [5, 5.41) is 9.58. The van der Waals surface area contributed by atoms with Gasteiger partial charge in [0.1, 0.15) is 5.82 Å². The van der Waals surface area contributed by atoms with Gasteiger partial charge < -0.3 is 10.0 Å². The zero-order chi connectivity index (χ0) is 17.1. The van der Waals surface area contributed by atoms with Crippen molar-refractivity contribution in [2.45, 2.75) is 18.9 Å². The Labute approximate surface area is 139 Å². The van der Waals surface area contributed by atoms with Crippen molar-refractivity contribution in [2.75, 3.05) is 6.54 Å². The summed E-state index contributed by atoms with van der Waals surface area (Å²) in [6, 6.07) is 15.2. The van der Waals surface area contributed by atoms with Gasteiger partial charge in [-0.1, -0.05) is 42.5 Å². The maximum absolute atomic E-state index is 13.1. The topological polar surface area (TPSA) is 57.6 Å². The molecule has 0 aliphatic carbocycles. The number of nitrogens with zero attached hydrogens (tertiary/aromatic N) is 1. The second-order valence-corrected chi connectivity index (χ2v) is 6.07. The maximum atomic E-state index is 13.1. The van der Waals surface area contributed by atoms with Crippen LogP contribution in [0.4, 0.5) is 4.39 Å². The lowest BCUT2D eigenvalue weighted by molar-refractivity contribution is -0.149. The molecule has 1 fully saturated rings. The second-order valence-electron chi connectivity index (χ2n) is 6.07. The van der Waals surface area contributed by atoms with Gasteiger partial charge in [0, 0.05) is 25.4 Å². The summed E-state index contributed by atoms with van der Waals surface area (Å²) in [6.07, 6.45) is 0.120. The van der Waals surface area contributed by atoms with Crippen LogP contribution in [-0.2, 0) is 16.1 Å². The molecule has 0 unspecified atom stereocenters. The Morgan fingerprint density at radius 2 is 1.79 bits per heavy atom. The maximum Gasteiger partial charge on any atom is 0.308 e. The third-order valence-electron chi connectivity index (χ3n) is 4.48. The number of amides is 1. The number of hydrogen-bond donors (Lipinski definition) is 1. The van der Waals surface area contributed by atoms with Gasteiger partial charge in [-0.2, -0.15) is 0 Å². The highest BCUT2D eigenvalue weighted by molar-refractivity contribution is 5.82. The van der Waals surface area contributed by atoms with E-state index in [1.54, 1.807) is 17.0 Å². The number of aliphatic carboxylic acids is 1. The first-order valence-electron chi connectivity index (χ1n) is 7.84. The van der Waals surface area contributed by atoms with Crippen LogP contribution in [0.1, 0.15) is 23.5 Å². The van der Waals surface area contributed by atoms with Crippen LogP contribution >= 0.6 is 0 Å². The van der Waals surface area contributed by atoms with Crippen LogP contribution in [0, 0.1) is 11.7 Å². The Bertz CT molecular complexity index is 730. The standard InChI is InChI=1S/C19H18FNO3/c20-15-8-6-14(7-9-15)16-10-18(22)21(12-17(16)19(23)24)11-13-4-2-1-3-5-13/h1-9,16-17H,10-12H2,(H,23,24)/t16-,17+/m0/s1. The molecular weight excluding hydrogens is 309 g/mol. The van der Waals surface area contributed by atoms with Crippen LogP contribution in [0.2, 0.25) is 0 Å². The number of carboxylic acid groups (broad SMARTS) is 1. The van der Waals surface area contributed by atoms with E-state index in [2.05, 4.69) is 0 Å². The van der Waals surface area contributed by atoms with Crippen LogP contribution < -0.4 is 0 Å². The summed E-state index contributed by atoms with van der Waals surface area (Å²) in [6.45, 7) is 0.560. The second kappa shape index (κ2) is 6.83. The fraction of sp³-hybridized carbons (Fsp3) is 0.263. The first-order valence-corrected chi connectivity index (χ1v) is 7.84. The van der Waals surface area contributed by atoms with E-state index in [1.807, 2.05) is 30.3 Å². The molecular formula is C19H18FNO3. The fourth-order valence-electron chi connectivity index (χ4n) is 3.19. The van der Waals surface area contributed by atoms with Crippen LogP contribution in [-0.4, -0.2) is 28.4 Å². The highest BCUT2D eigenvalue weighted by Gasteiger charge is 2.39. The molecule has 1 aliphatic heterocycles. The predicted octanol–water partition coefficient (Wildman–Crippen LogP) is 3.04. The highest BCUT2D eigenvalue weighted by Crippen LogP contribution is 2.34. The van der Waals surface area contributed by atoms with Crippen molar-refractivity contribution < 1.29 is 19.1 Å². The summed E-state index contributed by atoms with van der Waals surface area (Å²) < 4.78 is 13.1. The Hall–Kier alpha value is -2.69. The molecule has 2 aromatic rings. The number of rotatable bonds is 4. The van der Waals surface area contributed by atoms with E-state index in [1.165, 1.54) is 12.1 Å². The monoisotopic (exact) mass is 327 g/mol. The molecule has 5 heteroatoms. The Kier molecular flexibility index (Phi) is 4.60. The number of carbonyl (C=O) groups excluding carboxylic acids is 1.